The van der Waals surface area contributed by atoms with E-state index in [0.29, 0.717) is 0 Å². The summed E-state index contributed by atoms with van der Waals surface area (Å²) in [4.78, 5) is 12.6. The van der Waals surface area contributed by atoms with Gasteiger partial charge in [-0.3, -0.25) is 0 Å². The minimum Gasteiger partial charge on any atom is -0.455 e. The van der Waals surface area contributed by atoms with Crippen molar-refractivity contribution in [2.75, 3.05) is 5.32 Å². The monoisotopic (exact) mass is 318 g/mol. The van der Waals surface area contributed by atoms with E-state index in [9.17, 15) is 18.0 Å². The second kappa shape index (κ2) is 5.80. The van der Waals surface area contributed by atoms with Gasteiger partial charge in [0.15, 0.2) is 0 Å². The molecule has 0 saturated heterocycles. The largest absolute Gasteiger partial charge is 0.455 e. The van der Waals surface area contributed by atoms with Crippen molar-refractivity contribution in [2.24, 2.45) is 0 Å². The molecule has 0 radical (unpaired) electrons. The van der Waals surface area contributed by atoms with Crippen LogP contribution < -0.4 is 10.6 Å². The summed E-state index contributed by atoms with van der Waals surface area (Å²) in [5.74, 6) is -1.13. The Morgan fingerprint density at radius 2 is 2.10 bits per heavy atom. The van der Waals surface area contributed by atoms with Crippen LogP contribution >= 0.6 is 11.3 Å². The van der Waals surface area contributed by atoms with Gasteiger partial charge in [-0.05, 0) is 30.9 Å². The first-order valence-electron chi connectivity index (χ1n) is 6.03. The first-order chi connectivity index (χ1) is 9.77. The smallest absolute Gasteiger partial charge is 0.451 e. The maximum Gasteiger partial charge on any atom is 0.451 e. The average Bonchev–Trinajstić information content (AvgIpc) is 2.92. The van der Waals surface area contributed by atoms with Gasteiger partial charge in [-0.25, -0.2) is 4.79 Å². The lowest BCUT2D eigenvalue weighted by Gasteiger charge is -2.09. The Morgan fingerprint density at radius 1 is 1.38 bits per heavy atom. The summed E-state index contributed by atoms with van der Waals surface area (Å²) in [6, 6.07) is 2.33. The zero-order valence-electron chi connectivity index (χ0n) is 11.3. The summed E-state index contributed by atoms with van der Waals surface area (Å²) in [5.41, 5.74) is 0.635. The highest BCUT2D eigenvalue weighted by Crippen LogP contribution is 2.36. The Hall–Kier alpha value is -1.96. The molecule has 2 amide bonds. The van der Waals surface area contributed by atoms with E-state index in [4.69, 9.17) is 0 Å². The van der Waals surface area contributed by atoms with Crippen molar-refractivity contribution in [3.05, 3.63) is 39.5 Å². The van der Waals surface area contributed by atoms with Crippen molar-refractivity contribution in [2.45, 2.75) is 26.6 Å². The van der Waals surface area contributed by atoms with E-state index in [-0.39, 0.29) is 18.0 Å². The standard InChI is InChI=1S/C13H13F3N2O2S/c1-7-3-4-21-10(7)6-17-12(19)18-9-5-8(2)20-11(9)13(14,15)16/h3-5H,6H2,1-2H3,(H2,17,18,19). The fraction of sp³-hybridized carbons (Fsp3) is 0.308. The molecule has 8 heteroatoms. The number of anilines is 1. The predicted molar refractivity (Wildman–Crippen MR) is 73.4 cm³/mol. The lowest BCUT2D eigenvalue weighted by molar-refractivity contribution is -0.152. The molecule has 0 aliphatic rings. The van der Waals surface area contributed by atoms with Gasteiger partial charge in [0, 0.05) is 10.9 Å². The highest BCUT2D eigenvalue weighted by Gasteiger charge is 2.38. The number of thiophene rings is 1. The first kappa shape index (κ1) is 15.4. The molecule has 0 aromatic carbocycles. The topological polar surface area (TPSA) is 54.3 Å². The zero-order chi connectivity index (χ0) is 15.6. The minimum absolute atomic E-state index is 0.0757. The van der Waals surface area contributed by atoms with Crippen molar-refractivity contribution >= 4 is 23.1 Å². The summed E-state index contributed by atoms with van der Waals surface area (Å²) < 4.78 is 42.7. The average molecular weight is 318 g/mol. The maximum absolute atomic E-state index is 12.7. The van der Waals surface area contributed by atoms with Crippen molar-refractivity contribution in [1.82, 2.24) is 5.32 Å². The normalized spacial score (nSPS) is 11.5. The third-order valence-corrected chi connectivity index (χ3v) is 3.76. The summed E-state index contributed by atoms with van der Waals surface area (Å²) >= 11 is 1.47. The van der Waals surface area contributed by atoms with Gasteiger partial charge in [0.05, 0.1) is 12.2 Å². The predicted octanol–water partition coefficient (Wildman–Crippen LogP) is 4.30. The molecule has 0 atom stereocenters. The maximum atomic E-state index is 12.7. The number of furan rings is 1. The molecule has 21 heavy (non-hydrogen) atoms. The van der Waals surface area contributed by atoms with Crippen LogP contribution in [0.3, 0.4) is 0 Å². The Bertz CT molecular complexity index is 646. The van der Waals surface area contributed by atoms with E-state index in [2.05, 4.69) is 15.1 Å². The summed E-state index contributed by atoms with van der Waals surface area (Å²) in [6.45, 7) is 3.54. The number of amides is 2. The van der Waals surface area contributed by atoms with Gasteiger partial charge in [-0.1, -0.05) is 0 Å². The molecule has 0 aliphatic heterocycles. The summed E-state index contributed by atoms with van der Waals surface area (Å²) in [6.07, 6.45) is -4.65. The molecule has 114 valence electrons. The highest BCUT2D eigenvalue weighted by molar-refractivity contribution is 7.10. The van der Waals surface area contributed by atoms with E-state index in [1.165, 1.54) is 18.3 Å². The summed E-state index contributed by atoms with van der Waals surface area (Å²) in [5, 5.41) is 6.55. The number of aryl methyl sites for hydroxylation is 2. The number of carbonyl (C=O) groups is 1. The highest BCUT2D eigenvalue weighted by atomic mass is 32.1. The van der Waals surface area contributed by atoms with E-state index >= 15 is 0 Å². The van der Waals surface area contributed by atoms with Gasteiger partial charge >= 0.3 is 12.2 Å². The van der Waals surface area contributed by atoms with Crippen LogP contribution in [-0.2, 0) is 12.7 Å². The lowest BCUT2D eigenvalue weighted by Crippen LogP contribution is -2.28. The zero-order valence-corrected chi connectivity index (χ0v) is 12.1. The third-order valence-electron chi connectivity index (χ3n) is 2.74. The molecular formula is C13H13F3N2O2S. The SMILES string of the molecule is Cc1cc(NC(=O)NCc2sccc2C)c(C(F)(F)F)o1. The number of rotatable bonds is 3. The van der Waals surface area contributed by atoms with Crippen LogP contribution in [0.25, 0.3) is 0 Å². The lowest BCUT2D eigenvalue weighted by atomic mass is 10.3. The van der Waals surface area contributed by atoms with E-state index < -0.39 is 18.0 Å². The summed E-state index contributed by atoms with van der Waals surface area (Å²) in [7, 11) is 0. The van der Waals surface area contributed by atoms with Crippen molar-refractivity contribution in [1.29, 1.82) is 0 Å². The second-order valence-electron chi connectivity index (χ2n) is 4.43. The van der Waals surface area contributed by atoms with Gasteiger partial charge < -0.3 is 15.1 Å². The quantitative estimate of drug-likeness (QED) is 0.886. The number of hydrogen-bond donors (Lipinski definition) is 2. The molecule has 2 aromatic heterocycles. The van der Waals surface area contributed by atoms with E-state index in [1.54, 1.807) is 0 Å². The molecule has 0 bridgehead atoms. The number of urea groups is 1. The molecular weight excluding hydrogens is 305 g/mol. The second-order valence-corrected chi connectivity index (χ2v) is 5.43. The van der Waals surface area contributed by atoms with Crippen LogP contribution in [0.5, 0.6) is 0 Å². The van der Waals surface area contributed by atoms with Crippen LogP contribution in [0.15, 0.2) is 21.9 Å². The fourth-order valence-corrected chi connectivity index (χ4v) is 2.58. The van der Waals surface area contributed by atoms with Gasteiger partial charge in [0.2, 0.25) is 5.76 Å². The van der Waals surface area contributed by atoms with Gasteiger partial charge in [-0.15, -0.1) is 11.3 Å². The molecule has 2 N–H and O–H groups in total. The Kier molecular flexibility index (Phi) is 4.26. The Labute approximate surface area is 123 Å². The molecule has 0 saturated carbocycles. The van der Waals surface area contributed by atoms with Crippen molar-refractivity contribution < 1.29 is 22.4 Å². The number of alkyl halides is 3. The fourth-order valence-electron chi connectivity index (χ4n) is 1.73. The molecule has 0 fully saturated rings. The minimum atomic E-state index is -4.65. The number of halogens is 3. The van der Waals surface area contributed by atoms with Crippen molar-refractivity contribution in [3.8, 4) is 0 Å². The number of hydrogen-bond acceptors (Lipinski definition) is 3. The van der Waals surface area contributed by atoms with E-state index in [1.807, 2.05) is 18.4 Å². The van der Waals surface area contributed by atoms with Crippen LogP contribution in [0.4, 0.5) is 23.7 Å². The molecule has 4 nitrogen and oxygen atoms in total. The number of carbonyl (C=O) groups excluding carboxylic acids is 1. The van der Waals surface area contributed by atoms with Crippen LogP contribution in [0.2, 0.25) is 0 Å². The molecule has 0 spiro atoms. The molecule has 2 aromatic rings. The Balaban J connectivity index is 2.02. The third kappa shape index (κ3) is 3.78. The van der Waals surface area contributed by atoms with E-state index in [0.717, 1.165) is 16.5 Å². The van der Waals surface area contributed by atoms with Crippen LogP contribution in [0, 0.1) is 13.8 Å². The molecule has 0 unspecified atom stereocenters. The van der Waals surface area contributed by atoms with Gasteiger partial charge in [0.25, 0.3) is 0 Å². The number of nitrogens with one attached hydrogen (secondary N) is 2. The first-order valence-corrected chi connectivity index (χ1v) is 6.91. The van der Waals surface area contributed by atoms with Crippen molar-refractivity contribution in [3.63, 3.8) is 0 Å². The molecule has 0 aliphatic carbocycles. The molecule has 2 rings (SSSR count). The molecule has 2 heterocycles. The Morgan fingerprint density at radius 3 is 2.67 bits per heavy atom. The van der Waals surface area contributed by atoms with Crippen LogP contribution in [0.1, 0.15) is 22.0 Å². The van der Waals surface area contributed by atoms with Gasteiger partial charge in [0.1, 0.15) is 5.76 Å². The van der Waals surface area contributed by atoms with Gasteiger partial charge in [-0.2, -0.15) is 13.2 Å². The van der Waals surface area contributed by atoms with Crippen LogP contribution in [-0.4, -0.2) is 6.03 Å².